The fraction of sp³-hybridized carbons (Fsp3) is 0.294. The maximum Gasteiger partial charge on any atom is 0.230 e. The molecule has 3 rings (SSSR count). The zero-order valence-electron chi connectivity index (χ0n) is 12.0. The van der Waals surface area contributed by atoms with Crippen molar-refractivity contribution >= 4 is 29.3 Å². The second-order valence-corrected chi connectivity index (χ2v) is 6.74. The molecule has 1 aromatic carbocycles. The lowest BCUT2D eigenvalue weighted by Crippen LogP contribution is -2.31. The fourth-order valence-corrected chi connectivity index (χ4v) is 3.37. The van der Waals surface area contributed by atoms with Gasteiger partial charge in [-0.1, -0.05) is 53.7 Å². The molecule has 1 aliphatic rings. The summed E-state index contributed by atoms with van der Waals surface area (Å²) >= 11 is 7.42. The zero-order chi connectivity index (χ0) is 15.4. The van der Waals surface area contributed by atoms with Crippen LogP contribution < -0.4 is 5.32 Å². The van der Waals surface area contributed by atoms with Crippen LogP contribution in [0, 0.1) is 5.92 Å². The molecule has 1 aliphatic carbocycles. The summed E-state index contributed by atoms with van der Waals surface area (Å²) in [5.41, 5.74) is 1.18. The van der Waals surface area contributed by atoms with Crippen LogP contribution in [0.1, 0.15) is 24.4 Å². The number of hydrogen-bond donors (Lipinski definition) is 1. The van der Waals surface area contributed by atoms with Crippen LogP contribution in [0.4, 0.5) is 0 Å². The Morgan fingerprint density at radius 2 is 2.05 bits per heavy atom. The monoisotopic (exact) mass is 332 g/mol. The van der Waals surface area contributed by atoms with E-state index in [9.17, 15) is 4.79 Å². The van der Waals surface area contributed by atoms with Crippen molar-refractivity contribution in [3.05, 3.63) is 59.2 Å². The third-order valence-electron chi connectivity index (χ3n) is 3.63. The quantitative estimate of drug-likeness (QED) is 0.810. The number of pyridine rings is 1. The molecule has 3 nitrogen and oxygen atoms in total. The number of carbonyl (C=O) groups excluding carboxylic acids is 1. The summed E-state index contributed by atoms with van der Waals surface area (Å²) in [6.07, 6.45) is 4.04. The number of thioether (sulfide) groups is 1. The Balaban J connectivity index is 1.59. The highest BCUT2D eigenvalue weighted by Gasteiger charge is 2.33. The largest absolute Gasteiger partial charge is 0.348 e. The van der Waals surface area contributed by atoms with E-state index in [1.807, 2.05) is 18.2 Å². The first-order valence-electron chi connectivity index (χ1n) is 7.31. The summed E-state index contributed by atoms with van der Waals surface area (Å²) < 4.78 is 0. The lowest BCUT2D eigenvalue weighted by molar-refractivity contribution is -0.119. The first-order valence-corrected chi connectivity index (χ1v) is 8.68. The molecule has 0 bridgehead atoms. The Morgan fingerprint density at radius 1 is 1.27 bits per heavy atom. The Kier molecular flexibility index (Phi) is 5.01. The molecule has 0 aliphatic heterocycles. The molecule has 5 heteroatoms. The van der Waals surface area contributed by atoms with Crippen LogP contribution in [0.25, 0.3) is 0 Å². The highest BCUT2D eigenvalue weighted by atomic mass is 35.5. The molecule has 22 heavy (non-hydrogen) atoms. The third kappa shape index (κ3) is 4.02. The summed E-state index contributed by atoms with van der Waals surface area (Å²) in [5.74, 6) is 0.912. The molecule has 0 radical (unpaired) electrons. The van der Waals surface area contributed by atoms with E-state index in [2.05, 4.69) is 22.4 Å². The molecule has 0 spiro atoms. The van der Waals surface area contributed by atoms with Crippen molar-refractivity contribution in [1.82, 2.24) is 10.3 Å². The predicted octanol–water partition coefficient (Wildman–Crippen LogP) is 4.09. The number of halogens is 1. The normalized spacial score (nSPS) is 15.3. The van der Waals surface area contributed by atoms with Gasteiger partial charge in [-0.25, -0.2) is 4.98 Å². The number of nitrogens with zero attached hydrogens (tertiary/aromatic N) is 1. The molecule has 2 aromatic rings. The second-order valence-electron chi connectivity index (χ2n) is 5.37. The molecule has 1 heterocycles. The minimum Gasteiger partial charge on any atom is -0.348 e. The van der Waals surface area contributed by atoms with Crippen LogP contribution in [0.5, 0.6) is 0 Å². The molecular formula is C17H17ClN2OS. The molecule has 1 amide bonds. The zero-order valence-corrected chi connectivity index (χ0v) is 13.6. The van der Waals surface area contributed by atoms with Crippen LogP contribution in [0.15, 0.2) is 53.7 Å². The van der Waals surface area contributed by atoms with Gasteiger partial charge in [0.1, 0.15) is 5.03 Å². The Hall–Kier alpha value is -1.52. The van der Waals surface area contributed by atoms with Gasteiger partial charge in [0.25, 0.3) is 0 Å². The SMILES string of the molecule is O=C(CSc1ncccc1Cl)NC(c1ccccc1)C1CC1. The van der Waals surface area contributed by atoms with E-state index in [0.717, 1.165) is 0 Å². The van der Waals surface area contributed by atoms with Gasteiger partial charge in [0, 0.05) is 6.20 Å². The van der Waals surface area contributed by atoms with E-state index in [4.69, 9.17) is 11.6 Å². The Bertz CT molecular complexity index is 646. The van der Waals surface area contributed by atoms with Crippen molar-refractivity contribution in [3.8, 4) is 0 Å². The lowest BCUT2D eigenvalue weighted by atomic mass is 10.0. The molecule has 0 saturated heterocycles. The van der Waals surface area contributed by atoms with Crippen LogP contribution in [0.3, 0.4) is 0 Å². The molecule has 1 fully saturated rings. The van der Waals surface area contributed by atoms with Gasteiger partial charge in [0.15, 0.2) is 0 Å². The minimum atomic E-state index is 0.0208. The average Bonchev–Trinajstić information content (AvgIpc) is 3.37. The van der Waals surface area contributed by atoms with E-state index in [1.165, 1.54) is 30.2 Å². The molecule has 1 saturated carbocycles. The number of nitrogens with one attached hydrogen (secondary N) is 1. The third-order valence-corrected chi connectivity index (χ3v) is 5.06. The molecule has 114 valence electrons. The fourth-order valence-electron chi connectivity index (χ4n) is 2.39. The number of hydrogen-bond acceptors (Lipinski definition) is 3. The molecule has 1 aromatic heterocycles. The summed E-state index contributed by atoms with van der Waals surface area (Å²) in [4.78, 5) is 16.4. The van der Waals surface area contributed by atoms with E-state index < -0.39 is 0 Å². The number of aromatic nitrogens is 1. The van der Waals surface area contributed by atoms with Crippen LogP contribution >= 0.6 is 23.4 Å². The van der Waals surface area contributed by atoms with Gasteiger partial charge in [-0.15, -0.1) is 0 Å². The lowest BCUT2D eigenvalue weighted by Gasteiger charge is -2.18. The standard InChI is InChI=1S/C17H17ClN2OS/c18-14-7-4-10-19-17(14)22-11-15(21)20-16(13-8-9-13)12-5-2-1-3-6-12/h1-7,10,13,16H,8-9,11H2,(H,20,21). The van der Waals surface area contributed by atoms with E-state index >= 15 is 0 Å². The number of amides is 1. The second kappa shape index (κ2) is 7.16. The molecule has 1 N–H and O–H groups in total. The molecule has 1 atom stereocenters. The Morgan fingerprint density at radius 3 is 2.73 bits per heavy atom. The van der Waals surface area contributed by atoms with Crippen molar-refractivity contribution < 1.29 is 4.79 Å². The highest BCUT2D eigenvalue weighted by molar-refractivity contribution is 8.00. The van der Waals surface area contributed by atoms with Crippen molar-refractivity contribution in [2.45, 2.75) is 23.9 Å². The minimum absolute atomic E-state index is 0.0208. The maximum absolute atomic E-state index is 12.2. The summed E-state index contributed by atoms with van der Waals surface area (Å²) in [6.45, 7) is 0. The van der Waals surface area contributed by atoms with Gasteiger partial charge in [-0.2, -0.15) is 0 Å². The Labute approximate surface area is 139 Å². The van der Waals surface area contributed by atoms with E-state index in [0.29, 0.717) is 21.7 Å². The van der Waals surface area contributed by atoms with Gasteiger partial charge in [0.2, 0.25) is 5.91 Å². The molecular weight excluding hydrogens is 316 g/mol. The first kappa shape index (κ1) is 15.4. The van der Waals surface area contributed by atoms with Gasteiger partial charge < -0.3 is 5.32 Å². The van der Waals surface area contributed by atoms with Crippen molar-refractivity contribution in [2.24, 2.45) is 5.92 Å². The average molecular weight is 333 g/mol. The summed E-state index contributed by atoms with van der Waals surface area (Å²) in [7, 11) is 0. The van der Waals surface area contributed by atoms with E-state index in [-0.39, 0.29) is 11.9 Å². The van der Waals surface area contributed by atoms with Gasteiger partial charge in [-0.05, 0) is 36.5 Å². The van der Waals surface area contributed by atoms with Gasteiger partial charge >= 0.3 is 0 Å². The maximum atomic E-state index is 12.2. The van der Waals surface area contributed by atoms with Gasteiger partial charge in [-0.3, -0.25) is 4.79 Å². The van der Waals surface area contributed by atoms with Crippen LogP contribution in [0.2, 0.25) is 5.02 Å². The van der Waals surface area contributed by atoms with E-state index in [1.54, 1.807) is 18.3 Å². The first-order chi connectivity index (χ1) is 10.7. The summed E-state index contributed by atoms with van der Waals surface area (Å²) in [5, 5.41) is 4.44. The topological polar surface area (TPSA) is 42.0 Å². The predicted molar refractivity (Wildman–Crippen MR) is 90.0 cm³/mol. The van der Waals surface area contributed by atoms with Crippen molar-refractivity contribution in [3.63, 3.8) is 0 Å². The number of carbonyl (C=O) groups is 1. The van der Waals surface area contributed by atoms with Crippen LogP contribution in [-0.4, -0.2) is 16.6 Å². The van der Waals surface area contributed by atoms with Crippen LogP contribution in [-0.2, 0) is 4.79 Å². The summed E-state index contributed by atoms with van der Waals surface area (Å²) in [6, 6.07) is 13.9. The highest BCUT2D eigenvalue weighted by Crippen LogP contribution is 2.41. The van der Waals surface area contributed by atoms with Crippen molar-refractivity contribution in [1.29, 1.82) is 0 Å². The number of benzene rings is 1. The smallest absolute Gasteiger partial charge is 0.230 e. The number of rotatable bonds is 6. The molecule has 1 unspecified atom stereocenters. The van der Waals surface area contributed by atoms with Gasteiger partial charge in [0.05, 0.1) is 16.8 Å². The van der Waals surface area contributed by atoms with Crippen molar-refractivity contribution in [2.75, 3.05) is 5.75 Å².